The Balaban J connectivity index is 2.43. The molecule has 0 aliphatic carbocycles. The van der Waals surface area contributed by atoms with E-state index in [0.717, 1.165) is 18.1 Å². The molecule has 1 aromatic carbocycles. The van der Waals surface area contributed by atoms with Crippen LogP contribution in [-0.2, 0) is 6.54 Å². The van der Waals surface area contributed by atoms with Crippen LogP contribution in [0, 0.1) is 5.41 Å². The van der Waals surface area contributed by atoms with Gasteiger partial charge in [-0.25, -0.2) is 0 Å². The zero-order valence-corrected chi connectivity index (χ0v) is 10.4. The van der Waals surface area contributed by atoms with E-state index in [1.54, 1.807) is 0 Å². The second-order valence-electron chi connectivity index (χ2n) is 5.39. The maximum atomic E-state index is 6.01. The molecule has 1 aromatic rings. The van der Waals surface area contributed by atoms with Crippen molar-refractivity contribution < 1.29 is 0 Å². The Morgan fingerprint density at radius 3 is 2.73 bits per heavy atom. The lowest BCUT2D eigenvalue weighted by atomic mass is 9.73. The van der Waals surface area contributed by atoms with Crippen molar-refractivity contribution >= 4 is 11.6 Å². The fourth-order valence-corrected chi connectivity index (χ4v) is 2.50. The zero-order chi connectivity index (χ0) is 11.1. The van der Waals surface area contributed by atoms with E-state index in [4.69, 9.17) is 11.6 Å². The van der Waals surface area contributed by atoms with Gasteiger partial charge in [0.25, 0.3) is 0 Å². The third kappa shape index (κ3) is 2.19. The molecule has 0 radical (unpaired) electrons. The van der Waals surface area contributed by atoms with Crippen molar-refractivity contribution in [3.63, 3.8) is 0 Å². The first-order valence-electron chi connectivity index (χ1n) is 5.47. The van der Waals surface area contributed by atoms with Gasteiger partial charge < -0.3 is 5.32 Å². The Kier molecular flexibility index (Phi) is 2.78. The summed E-state index contributed by atoms with van der Waals surface area (Å²) >= 11 is 6.01. The van der Waals surface area contributed by atoms with Crippen LogP contribution in [0.25, 0.3) is 0 Å². The van der Waals surface area contributed by atoms with Crippen LogP contribution in [0.1, 0.15) is 37.8 Å². The summed E-state index contributed by atoms with van der Waals surface area (Å²) in [6, 6.07) is 6.28. The van der Waals surface area contributed by atoms with E-state index < -0.39 is 0 Å². The largest absolute Gasteiger partial charge is 0.312 e. The Morgan fingerprint density at radius 2 is 2.07 bits per heavy atom. The molecular weight excluding hydrogens is 206 g/mol. The average molecular weight is 224 g/mol. The van der Waals surface area contributed by atoms with E-state index in [-0.39, 0.29) is 0 Å². The molecule has 82 valence electrons. The first-order chi connectivity index (χ1) is 6.98. The molecule has 0 spiro atoms. The standard InChI is InChI=1S/C13H18ClN/c1-13(2,3)12-8-15-7-9-6-10(14)4-5-11(9)12/h4-6,12,15H,7-8H2,1-3H3. The van der Waals surface area contributed by atoms with Crippen molar-refractivity contribution in [2.75, 3.05) is 6.54 Å². The average Bonchev–Trinajstić information content (AvgIpc) is 2.15. The second kappa shape index (κ2) is 3.80. The summed E-state index contributed by atoms with van der Waals surface area (Å²) < 4.78 is 0. The number of fused-ring (bicyclic) bond motifs is 1. The lowest BCUT2D eigenvalue weighted by molar-refractivity contribution is 0.296. The van der Waals surface area contributed by atoms with E-state index in [1.807, 2.05) is 6.07 Å². The van der Waals surface area contributed by atoms with Crippen LogP contribution in [0.15, 0.2) is 18.2 Å². The molecule has 0 saturated carbocycles. The minimum absolute atomic E-state index is 0.302. The summed E-state index contributed by atoms with van der Waals surface area (Å²) in [6.45, 7) is 8.90. The van der Waals surface area contributed by atoms with Crippen molar-refractivity contribution in [3.05, 3.63) is 34.3 Å². The maximum absolute atomic E-state index is 6.01. The molecule has 0 amide bonds. The SMILES string of the molecule is CC(C)(C)C1CNCc2cc(Cl)ccc21. The first kappa shape index (κ1) is 11.0. The number of hydrogen-bond acceptors (Lipinski definition) is 1. The summed E-state index contributed by atoms with van der Waals surface area (Å²) in [5.41, 5.74) is 3.12. The van der Waals surface area contributed by atoms with Crippen LogP contribution in [0.5, 0.6) is 0 Å². The molecule has 15 heavy (non-hydrogen) atoms. The highest BCUT2D eigenvalue weighted by atomic mass is 35.5. The molecule has 1 unspecified atom stereocenters. The van der Waals surface area contributed by atoms with Gasteiger partial charge in [-0.2, -0.15) is 0 Å². The molecule has 2 rings (SSSR count). The molecule has 1 atom stereocenters. The number of nitrogens with one attached hydrogen (secondary N) is 1. The van der Waals surface area contributed by atoms with E-state index in [0.29, 0.717) is 11.3 Å². The highest BCUT2D eigenvalue weighted by Crippen LogP contribution is 2.38. The van der Waals surface area contributed by atoms with Crippen LogP contribution in [0.3, 0.4) is 0 Å². The minimum Gasteiger partial charge on any atom is -0.312 e. The molecule has 2 heteroatoms. The molecule has 1 aliphatic rings. The van der Waals surface area contributed by atoms with Gasteiger partial charge >= 0.3 is 0 Å². The fourth-order valence-electron chi connectivity index (χ4n) is 2.30. The second-order valence-corrected chi connectivity index (χ2v) is 5.83. The Hall–Kier alpha value is -0.530. The van der Waals surface area contributed by atoms with Crippen molar-refractivity contribution in [3.8, 4) is 0 Å². The quantitative estimate of drug-likeness (QED) is 0.709. The normalized spacial score (nSPS) is 21.2. The minimum atomic E-state index is 0.302. The smallest absolute Gasteiger partial charge is 0.0409 e. The van der Waals surface area contributed by atoms with E-state index in [9.17, 15) is 0 Å². The third-order valence-electron chi connectivity index (χ3n) is 3.19. The van der Waals surface area contributed by atoms with E-state index in [1.165, 1.54) is 11.1 Å². The van der Waals surface area contributed by atoms with Crippen molar-refractivity contribution in [2.24, 2.45) is 5.41 Å². The van der Waals surface area contributed by atoms with Gasteiger partial charge in [-0.3, -0.25) is 0 Å². The molecule has 1 heterocycles. The van der Waals surface area contributed by atoms with Crippen LogP contribution in [-0.4, -0.2) is 6.54 Å². The van der Waals surface area contributed by atoms with E-state index >= 15 is 0 Å². The topological polar surface area (TPSA) is 12.0 Å². The summed E-state index contributed by atoms with van der Waals surface area (Å²) in [6.07, 6.45) is 0. The van der Waals surface area contributed by atoms with E-state index in [2.05, 4.69) is 38.2 Å². The third-order valence-corrected chi connectivity index (χ3v) is 3.42. The molecule has 1 N–H and O–H groups in total. The summed E-state index contributed by atoms with van der Waals surface area (Å²) in [4.78, 5) is 0. The Morgan fingerprint density at radius 1 is 1.33 bits per heavy atom. The van der Waals surface area contributed by atoms with Gasteiger partial charge in [0.2, 0.25) is 0 Å². The molecule has 1 aliphatic heterocycles. The van der Waals surface area contributed by atoms with Gasteiger partial charge in [0, 0.05) is 24.0 Å². The van der Waals surface area contributed by atoms with Gasteiger partial charge in [0.15, 0.2) is 0 Å². The lowest BCUT2D eigenvalue weighted by Crippen LogP contribution is -2.35. The predicted molar refractivity (Wildman–Crippen MR) is 65.4 cm³/mol. The predicted octanol–water partition coefficient (Wildman–Crippen LogP) is 3.57. The molecule has 0 aromatic heterocycles. The van der Waals surface area contributed by atoms with Crippen molar-refractivity contribution in [1.29, 1.82) is 0 Å². The van der Waals surface area contributed by atoms with Crippen molar-refractivity contribution in [2.45, 2.75) is 33.2 Å². The van der Waals surface area contributed by atoms with Crippen LogP contribution in [0.4, 0.5) is 0 Å². The van der Waals surface area contributed by atoms with Gasteiger partial charge in [0.1, 0.15) is 0 Å². The molecule has 1 nitrogen and oxygen atoms in total. The number of rotatable bonds is 0. The Bertz CT molecular complexity index is 365. The molecule has 0 saturated heterocycles. The Labute approximate surface area is 96.8 Å². The molecule has 0 bridgehead atoms. The highest BCUT2D eigenvalue weighted by Gasteiger charge is 2.30. The van der Waals surface area contributed by atoms with Gasteiger partial charge in [-0.1, -0.05) is 38.4 Å². The monoisotopic (exact) mass is 223 g/mol. The fraction of sp³-hybridized carbons (Fsp3) is 0.538. The van der Waals surface area contributed by atoms with Crippen molar-refractivity contribution in [1.82, 2.24) is 5.32 Å². The first-order valence-corrected chi connectivity index (χ1v) is 5.85. The van der Waals surface area contributed by atoms with Crippen LogP contribution >= 0.6 is 11.6 Å². The van der Waals surface area contributed by atoms with Gasteiger partial charge in [-0.05, 0) is 28.7 Å². The molecule has 0 fully saturated rings. The van der Waals surface area contributed by atoms with Crippen LogP contribution in [0.2, 0.25) is 5.02 Å². The summed E-state index contributed by atoms with van der Waals surface area (Å²) in [7, 11) is 0. The van der Waals surface area contributed by atoms with Crippen LogP contribution < -0.4 is 5.32 Å². The number of hydrogen-bond donors (Lipinski definition) is 1. The number of halogens is 1. The number of benzene rings is 1. The molecular formula is C13H18ClN. The van der Waals surface area contributed by atoms with Gasteiger partial charge in [0.05, 0.1) is 0 Å². The summed E-state index contributed by atoms with van der Waals surface area (Å²) in [5, 5.41) is 4.30. The maximum Gasteiger partial charge on any atom is 0.0409 e. The summed E-state index contributed by atoms with van der Waals surface area (Å²) in [5.74, 6) is 0.582. The highest BCUT2D eigenvalue weighted by molar-refractivity contribution is 6.30. The zero-order valence-electron chi connectivity index (χ0n) is 9.60. The lowest BCUT2D eigenvalue weighted by Gasteiger charge is -2.36. The van der Waals surface area contributed by atoms with Gasteiger partial charge in [-0.15, -0.1) is 0 Å².